The van der Waals surface area contributed by atoms with E-state index in [1.165, 1.54) is 5.57 Å². The van der Waals surface area contributed by atoms with Gasteiger partial charge in [-0.3, -0.25) is 10.2 Å². The smallest absolute Gasteiger partial charge is 0.307 e. The summed E-state index contributed by atoms with van der Waals surface area (Å²) in [6.07, 6.45) is 9.39. The van der Waals surface area contributed by atoms with Gasteiger partial charge in [0.25, 0.3) is 0 Å². The third-order valence-corrected chi connectivity index (χ3v) is 15.2. The van der Waals surface area contributed by atoms with Crippen LogP contribution in [0.25, 0.3) is 0 Å². The number of aliphatic carboxylic acids is 1. The number of carboxylic acid groups (broad SMARTS) is 1. The van der Waals surface area contributed by atoms with Gasteiger partial charge in [-0.15, -0.1) is 10.2 Å². The highest BCUT2D eigenvalue weighted by atomic mass is 16.5. The highest BCUT2D eigenvalue weighted by molar-refractivity contribution is 5.78. The maximum Gasteiger partial charge on any atom is 0.307 e. The molecule has 10 heteroatoms. The van der Waals surface area contributed by atoms with Crippen molar-refractivity contribution in [2.75, 3.05) is 26.3 Å². The zero-order valence-corrected chi connectivity index (χ0v) is 28.6. The highest BCUT2D eigenvalue weighted by Gasteiger charge is 2.73. The van der Waals surface area contributed by atoms with Gasteiger partial charge in [-0.05, 0) is 96.8 Å². The topological polar surface area (TPSA) is 133 Å². The van der Waals surface area contributed by atoms with E-state index >= 15 is 0 Å². The molecule has 0 spiro atoms. The molecule has 3 heterocycles. The lowest BCUT2D eigenvalue weighted by Crippen LogP contribution is -2.74. The summed E-state index contributed by atoms with van der Waals surface area (Å²) in [5, 5.41) is 20.8. The Morgan fingerprint density at radius 2 is 1.91 bits per heavy atom. The van der Waals surface area contributed by atoms with Crippen molar-refractivity contribution in [3.05, 3.63) is 11.6 Å². The molecule has 4 aliphatic carbocycles. The van der Waals surface area contributed by atoms with E-state index in [0.717, 1.165) is 64.6 Å². The minimum absolute atomic E-state index is 0.00498. The molecule has 0 aromatic carbocycles. The number of nitrogens with one attached hydrogen (secondary N) is 3. The standard InChI is InChI=1S/C35H58N6O4/c1-20(2)21(3)32(5)13-14-33(6)23-8-9-26-31(4)16-25(41-39-30(36)38-40-41)28(45-22-11-15-37-17-22)35(26,19-44-18-31)24(23)10-12-34(33,7)27(32)29(42)43/h10,20-23,25-28,37,40H,8-9,11-19H2,1-7H3,(H,42,43)(H3,36,38,39)/t21-,22?,23+,25-,26-,27-,28+,31-,32-,33-,34+,35+/m1/s1. The lowest BCUT2D eigenvalue weighted by atomic mass is 9.34. The zero-order chi connectivity index (χ0) is 32.2. The minimum Gasteiger partial charge on any atom is -0.481 e. The second kappa shape index (κ2) is 10.6. The van der Waals surface area contributed by atoms with Crippen molar-refractivity contribution in [1.29, 1.82) is 0 Å². The Balaban J connectivity index is 1.36. The molecule has 3 saturated carbocycles. The van der Waals surface area contributed by atoms with E-state index in [0.29, 0.717) is 30.3 Å². The Morgan fingerprint density at radius 3 is 2.56 bits per heavy atom. The number of hydrogen-bond acceptors (Lipinski definition) is 9. The first kappa shape index (κ1) is 31.7. The van der Waals surface area contributed by atoms with Gasteiger partial charge in [0.05, 0.1) is 37.4 Å². The lowest BCUT2D eigenvalue weighted by molar-refractivity contribution is -0.267. The van der Waals surface area contributed by atoms with Gasteiger partial charge in [0.1, 0.15) is 0 Å². The number of nitrogens with zero attached hydrogens (tertiary/aromatic N) is 2. The van der Waals surface area contributed by atoms with Crippen LogP contribution in [-0.2, 0) is 14.3 Å². The average Bonchev–Trinajstić information content (AvgIpc) is 3.66. The van der Waals surface area contributed by atoms with Crippen LogP contribution in [0.2, 0.25) is 0 Å². The second-order valence-electron chi connectivity index (χ2n) is 17.4. The van der Waals surface area contributed by atoms with Crippen LogP contribution in [0.4, 0.5) is 0 Å². The Hall–Kier alpha value is -1.88. The van der Waals surface area contributed by atoms with Crippen LogP contribution in [0, 0.1) is 56.7 Å². The SMILES string of the molecule is CC(C)[C@@H](C)[C@@]1(C)CC[C@]2(C)[C@H]3CC[C@@H]4[C@@]5(C)COC[C@@]4(C3=CC[C@@]2(C)[C@@H]1C(=O)O)[C@@H](OC1CCNC1)[C@H](N1NN=C(N)N1)C5. The lowest BCUT2D eigenvalue weighted by Gasteiger charge is -2.72. The molecule has 10 nitrogen and oxygen atoms in total. The first-order chi connectivity index (χ1) is 21.2. The molecule has 2 bridgehead atoms. The first-order valence-electron chi connectivity index (χ1n) is 17.7. The summed E-state index contributed by atoms with van der Waals surface area (Å²) in [5.41, 5.74) is 13.0. The predicted octanol–water partition coefficient (Wildman–Crippen LogP) is 4.25. The minimum atomic E-state index is -0.618. The van der Waals surface area contributed by atoms with Crippen LogP contribution >= 0.6 is 0 Å². The fourth-order valence-corrected chi connectivity index (χ4v) is 12.4. The predicted molar refractivity (Wildman–Crippen MR) is 173 cm³/mol. The molecule has 1 unspecified atom stereocenters. The van der Waals surface area contributed by atoms with Crippen molar-refractivity contribution < 1.29 is 19.4 Å². The number of carboxylic acids is 1. The molecule has 0 aromatic rings. The van der Waals surface area contributed by atoms with Crippen LogP contribution in [0.3, 0.4) is 0 Å². The van der Waals surface area contributed by atoms with Crippen LogP contribution in [0.5, 0.6) is 0 Å². The van der Waals surface area contributed by atoms with Crippen molar-refractivity contribution >= 4 is 11.9 Å². The fraction of sp³-hybridized carbons (Fsp3) is 0.886. The third kappa shape index (κ3) is 4.26. The Morgan fingerprint density at radius 1 is 1.13 bits per heavy atom. The van der Waals surface area contributed by atoms with Gasteiger partial charge in [-0.1, -0.05) is 60.1 Å². The van der Waals surface area contributed by atoms with E-state index < -0.39 is 11.9 Å². The van der Waals surface area contributed by atoms with Crippen LogP contribution in [-0.4, -0.2) is 66.7 Å². The molecule has 0 aromatic heterocycles. The van der Waals surface area contributed by atoms with E-state index in [1.807, 2.05) is 5.12 Å². The van der Waals surface area contributed by atoms with E-state index in [4.69, 9.17) is 15.2 Å². The average molecular weight is 627 g/mol. The van der Waals surface area contributed by atoms with Gasteiger partial charge in [0.2, 0.25) is 5.96 Å². The normalized spacial score (nSPS) is 50.0. The summed E-state index contributed by atoms with van der Waals surface area (Å²) in [6, 6.07) is -0.00498. The van der Waals surface area contributed by atoms with Gasteiger partial charge >= 0.3 is 5.97 Å². The number of guanidine groups is 1. The van der Waals surface area contributed by atoms with Crippen molar-refractivity contribution in [1.82, 2.24) is 21.4 Å². The summed E-state index contributed by atoms with van der Waals surface area (Å²) < 4.78 is 14.0. The summed E-state index contributed by atoms with van der Waals surface area (Å²) >= 11 is 0. The van der Waals surface area contributed by atoms with Crippen LogP contribution in [0.1, 0.15) is 93.4 Å². The maximum atomic E-state index is 13.5. The molecule has 6 N–H and O–H groups in total. The Bertz CT molecular complexity index is 1270. The molecule has 0 amide bonds. The van der Waals surface area contributed by atoms with Gasteiger partial charge in [0.15, 0.2) is 0 Å². The molecule has 7 aliphatic rings. The van der Waals surface area contributed by atoms with Crippen molar-refractivity contribution in [2.24, 2.45) is 67.5 Å². The van der Waals surface area contributed by atoms with E-state index in [2.05, 4.69) is 75.9 Å². The summed E-state index contributed by atoms with van der Waals surface area (Å²) in [6.45, 7) is 19.5. The second-order valence-corrected chi connectivity index (χ2v) is 17.4. The number of allylic oxidation sites excluding steroid dienone is 1. The van der Waals surface area contributed by atoms with Gasteiger partial charge in [-0.2, -0.15) is 0 Å². The van der Waals surface area contributed by atoms with Gasteiger partial charge in [-0.25, -0.2) is 5.53 Å². The number of carbonyl (C=O) groups is 1. The number of hydrazone groups is 1. The van der Waals surface area contributed by atoms with Gasteiger partial charge in [0, 0.05) is 12.0 Å². The summed E-state index contributed by atoms with van der Waals surface area (Å²) in [5.74, 6) is 0.799. The van der Waals surface area contributed by atoms with Crippen LogP contribution < -0.4 is 22.0 Å². The fourth-order valence-electron chi connectivity index (χ4n) is 12.4. The van der Waals surface area contributed by atoms with Crippen molar-refractivity contribution in [2.45, 2.75) is 112 Å². The highest BCUT2D eigenvalue weighted by Crippen LogP contribution is 2.75. The molecule has 45 heavy (non-hydrogen) atoms. The molecule has 12 atom stereocenters. The Kier molecular flexibility index (Phi) is 7.44. The number of fused-ring (bicyclic) bond motifs is 3. The molecule has 3 aliphatic heterocycles. The zero-order valence-electron chi connectivity index (χ0n) is 28.6. The molecule has 5 fully saturated rings. The maximum absolute atomic E-state index is 13.5. The third-order valence-electron chi connectivity index (χ3n) is 15.2. The first-order valence-corrected chi connectivity index (χ1v) is 17.7. The van der Waals surface area contributed by atoms with Crippen LogP contribution in [0.15, 0.2) is 16.8 Å². The van der Waals surface area contributed by atoms with E-state index in [1.54, 1.807) is 0 Å². The summed E-state index contributed by atoms with van der Waals surface area (Å²) in [4.78, 5) is 13.5. The number of hydrazine groups is 2. The number of nitrogens with two attached hydrogens (primary N) is 1. The number of hydrogen-bond donors (Lipinski definition) is 5. The summed E-state index contributed by atoms with van der Waals surface area (Å²) in [7, 11) is 0. The monoisotopic (exact) mass is 626 g/mol. The molecule has 2 saturated heterocycles. The Labute approximate surface area is 269 Å². The van der Waals surface area contributed by atoms with Gasteiger partial charge < -0.3 is 25.6 Å². The molecular formula is C35H58N6O4. The molecule has 252 valence electrons. The number of rotatable bonds is 6. The van der Waals surface area contributed by atoms with E-state index in [-0.39, 0.29) is 51.2 Å². The largest absolute Gasteiger partial charge is 0.481 e. The molecule has 0 radical (unpaired) electrons. The van der Waals surface area contributed by atoms with E-state index in [9.17, 15) is 9.90 Å². The van der Waals surface area contributed by atoms with Crippen molar-refractivity contribution in [3.63, 3.8) is 0 Å². The van der Waals surface area contributed by atoms with Crippen molar-refractivity contribution in [3.8, 4) is 0 Å². The quantitative estimate of drug-likeness (QED) is 0.275. The number of ether oxygens (including phenoxy) is 2. The molecule has 7 rings (SSSR count). The molecular weight excluding hydrogens is 568 g/mol.